The first-order chi connectivity index (χ1) is 18.3. The Morgan fingerprint density at radius 1 is 0.921 bits per heavy atom. The monoisotopic (exact) mass is 531 g/mol. The third-order valence-electron chi connectivity index (χ3n) is 5.49. The van der Waals surface area contributed by atoms with Crippen LogP contribution in [0.15, 0.2) is 85.2 Å². The van der Waals surface area contributed by atoms with E-state index in [2.05, 4.69) is 25.9 Å². The normalized spacial score (nSPS) is 11.3. The van der Waals surface area contributed by atoms with Crippen molar-refractivity contribution in [2.24, 2.45) is 0 Å². The van der Waals surface area contributed by atoms with Crippen LogP contribution in [0.2, 0.25) is 5.02 Å². The van der Waals surface area contributed by atoms with Gasteiger partial charge in [-0.15, -0.1) is 0 Å². The smallest absolute Gasteiger partial charge is 0.335 e. The highest BCUT2D eigenvalue weighted by atomic mass is 35.5. The Hall–Kier alpha value is -4.96. The van der Waals surface area contributed by atoms with Gasteiger partial charge in [-0.2, -0.15) is 0 Å². The molecule has 0 fully saturated rings. The Morgan fingerprint density at radius 2 is 1.66 bits per heavy atom. The molecule has 38 heavy (non-hydrogen) atoms. The number of aromatic nitrogens is 2. The van der Waals surface area contributed by atoms with E-state index in [0.717, 1.165) is 5.56 Å². The van der Waals surface area contributed by atoms with Crippen molar-refractivity contribution in [1.29, 1.82) is 0 Å². The minimum atomic E-state index is -1.11. The fourth-order valence-electron chi connectivity index (χ4n) is 3.63. The number of imidazole rings is 1. The molecule has 0 saturated heterocycles. The van der Waals surface area contributed by atoms with Gasteiger partial charge in [-0.3, -0.25) is 14.4 Å². The molecule has 0 aliphatic carbocycles. The average Bonchev–Trinajstić information content (AvgIpc) is 3.44. The van der Waals surface area contributed by atoms with Gasteiger partial charge < -0.3 is 26.0 Å². The fourth-order valence-corrected chi connectivity index (χ4v) is 3.80. The molecule has 5 N–H and O–H groups in total. The van der Waals surface area contributed by atoms with E-state index in [1.54, 1.807) is 48.8 Å². The summed E-state index contributed by atoms with van der Waals surface area (Å²) in [6.45, 7) is 0. The van der Waals surface area contributed by atoms with Crippen molar-refractivity contribution in [2.45, 2.75) is 12.5 Å². The van der Waals surface area contributed by atoms with Crippen LogP contribution in [-0.4, -0.2) is 44.8 Å². The van der Waals surface area contributed by atoms with Crippen LogP contribution in [0.3, 0.4) is 0 Å². The Bertz CT molecular complexity index is 1460. The Kier molecular flexibility index (Phi) is 8.14. The molecule has 0 saturated carbocycles. The number of hydrogen-bond donors (Lipinski definition) is 5. The van der Waals surface area contributed by atoms with E-state index >= 15 is 0 Å². The van der Waals surface area contributed by atoms with Gasteiger partial charge in [0.25, 0.3) is 0 Å². The number of nitrogens with zero attached hydrogens (tertiary/aromatic N) is 1. The molecule has 1 unspecified atom stereocenters. The Labute approximate surface area is 222 Å². The number of hydrogen-bond acceptors (Lipinski definition) is 5. The minimum Gasteiger partial charge on any atom is -0.478 e. The lowest BCUT2D eigenvalue weighted by molar-refractivity contribution is -0.137. The van der Waals surface area contributed by atoms with E-state index in [0.29, 0.717) is 22.1 Å². The predicted molar refractivity (Wildman–Crippen MR) is 142 cm³/mol. The van der Waals surface area contributed by atoms with Gasteiger partial charge in [0.05, 0.1) is 11.3 Å². The first-order valence-corrected chi connectivity index (χ1v) is 11.8. The molecule has 0 bridgehead atoms. The average molecular weight is 532 g/mol. The van der Waals surface area contributed by atoms with Gasteiger partial charge in [-0.05, 0) is 48.0 Å². The minimum absolute atomic E-state index is 0.0590. The summed E-state index contributed by atoms with van der Waals surface area (Å²) in [6.07, 6.45) is 3.27. The van der Waals surface area contributed by atoms with Crippen LogP contribution in [0, 0.1) is 0 Å². The number of carboxylic acids is 1. The second-order valence-corrected chi connectivity index (χ2v) is 8.61. The Morgan fingerprint density at radius 3 is 2.32 bits per heavy atom. The summed E-state index contributed by atoms with van der Waals surface area (Å²) >= 11 is 6.09. The number of aromatic carboxylic acids is 1. The van der Waals surface area contributed by atoms with E-state index in [4.69, 9.17) is 16.7 Å². The van der Waals surface area contributed by atoms with E-state index in [9.17, 15) is 19.2 Å². The van der Waals surface area contributed by atoms with Crippen LogP contribution in [-0.2, 0) is 20.8 Å². The molecule has 1 heterocycles. The second kappa shape index (κ2) is 11.8. The van der Waals surface area contributed by atoms with Gasteiger partial charge in [0.1, 0.15) is 11.9 Å². The summed E-state index contributed by atoms with van der Waals surface area (Å²) in [6, 6.07) is 18.2. The van der Waals surface area contributed by atoms with E-state index in [1.807, 2.05) is 6.07 Å². The van der Waals surface area contributed by atoms with E-state index < -0.39 is 29.7 Å². The Balaban J connectivity index is 1.50. The standard InChI is InChI=1S/C27H22ClN5O5/c28-18-8-11-20(23-29-12-13-30-23)21(15-18)32-25(35)26(36)33-22(14-16-4-2-1-3-5-16)24(34)31-19-9-6-17(7-10-19)27(37)38/h1-13,15,22H,14H2,(H,29,30)(H,31,34)(H,32,35)(H,33,36)(H,37,38). The zero-order chi connectivity index (χ0) is 27.1. The number of carboxylic acid groups (broad SMARTS) is 1. The van der Waals surface area contributed by atoms with Crippen LogP contribution in [0.5, 0.6) is 0 Å². The fraction of sp³-hybridized carbons (Fsp3) is 0.0741. The van der Waals surface area contributed by atoms with Gasteiger partial charge in [-0.25, -0.2) is 9.78 Å². The number of halogens is 1. The summed E-state index contributed by atoms with van der Waals surface area (Å²) in [5.74, 6) is -3.26. The molecule has 1 aromatic heterocycles. The van der Waals surface area contributed by atoms with Gasteiger partial charge in [0.2, 0.25) is 5.91 Å². The maximum atomic E-state index is 13.1. The van der Waals surface area contributed by atoms with Crippen molar-refractivity contribution in [2.75, 3.05) is 10.6 Å². The van der Waals surface area contributed by atoms with Gasteiger partial charge in [0.15, 0.2) is 0 Å². The van der Waals surface area contributed by atoms with Crippen LogP contribution in [0.4, 0.5) is 11.4 Å². The summed E-state index contributed by atoms with van der Waals surface area (Å²) in [5, 5.41) is 17.1. The molecular weight excluding hydrogens is 510 g/mol. The molecule has 0 aliphatic heterocycles. The number of aromatic amines is 1. The molecule has 10 nitrogen and oxygen atoms in total. The number of rotatable bonds is 8. The number of nitrogens with one attached hydrogen (secondary N) is 4. The lowest BCUT2D eigenvalue weighted by atomic mass is 10.0. The maximum absolute atomic E-state index is 13.1. The van der Waals surface area contributed by atoms with Gasteiger partial charge in [0, 0.05) is 35.1 Å². The lowest BCUT2D eigenvalue weighted by Gasteiger charge is -2.19. The molecule has 3 amide bonds. The molecule has 0 radical (unpaired) electrons. The molecule has 3 aromatic carbocycles. The second-order valence-electron chi connectivity index (χ2n) is 8.17. The molecule has 4 aromatic rings. The molecule has 4 rings (SSSR count). The topological polar surface area (TPSA) is 153 Å². The SMILES string of the molecule is O=C(Nc1cc(Cl)ccc1-c1ncc[nH]1)C(=O)NC(Cc1ccccc1)C(=O)Nc1ccc(C(=O)O)cc1. The molecule has 192 valence electrons. The van der Waals surface area contributed by atoms with E-state index in [-0.39, 0.29) is 17.7 Å². The van der Waals surface area contributed by atoms with Crippen molar-refractivity contribution in [1.82, 2.24) is 15.3 Å². The highest BCUT2D eigenvalue weighted by Gasteiger charge is 2.26. The highest BCUT2D eigenvalue weighted by molar-refractivity contribution is 6.40. The number of carbonyl (C=O) groups excluding carboxylic acids is 3. The molecule has 0 aliphatic rings. The quantitative estimate of drug-likeness (QED) is 0.218. The number of H-pyrrole nitrogens is 1. The van der Waals surface area contributed by atoms with Crippen LogP contribution >= 0.6 is 11.6 Å². The largest absolute Gasteiger partial charge is 0.478 e. The van der Waals surface area contributed by atoms with Crippen molar-refractivity contribution < 1.29 is 24.3 Å². The van der Waals surface area contributed by atoms with Gasteiger partial charge >= 0.3 is 17.8 Å². The van der Waals surface area contributed by atoms with Crippen molar-refractivity contribution in [3.63, 3.8) is 0 Å². The third-order valence-corrected chi connectivity index (χ3v) is 5.73. The first-order valence-electron chi connectivity index (χ1n) is 11.4. The summed E-state index contributed by atoms with van der Waals surface area (Å²) in [7, 11) is 0. The molecular formula is C27H22ClN5O5. The highest BCUT2D eigenvalue weighted by Crippen LogP contribution is 2.28. The molecule has 0 spiro atoms. The van der Waals surface area contributed by atoms with Gasteiger partial charge in [-0.1, -0.05) is 41.9 Å². The number of amides is 3. The third kappa shape index (κ3) is 6.62. The van der Waals surface area contributed by atoms with Crippen molar-refractivity contribution >= 4 is 46.7 Å². The number of benzene rings is 3. The summed E-state index contributed by atoms with van der Waals surface area (Å²) in [4.78, 5) is 57.0. The van der Waals surface area contributed by atoms with Crippen molar-refractivity contribution in [3.8, 4) is 11.4 Å². The van der Waals surface area contributed by atoms with Crippen LogP contribution in [0.25, 0.3) is 11.4 Å². The predicted octanol–water partition coefficient (Wildman–Crippen LogP) is 3.73. The first kappa shape index (κ1) is 26.1. The van der Waals surface area contributed by atoms with E-state index in [1.165, 1.54) is 30.3 Å². The maximum Gasteiger partial charge on any atom is 0.335 e. The van der Waals surface area contributed by atoms with Crippen LogP contribution in [0.1, 0.15) is 15.9 Å². The van der Waals surface area contributed by atoms with Crippen LogP contribution < -0.4 is 16.0 Å². The number of carbonyl (C=O) groups is 4. The zero-order valence-electron chi connectivity index (χ0n) is 19.8. The molecule has 11 heteroatoms. The molecule has 1 atom stereocenters. The summed E-state index contributed by atoms with van der Waals surface area (Å²) < 4.78 is 0. The lowest BCUT2D eigenvalue weighted by Crippen LogP contribution is -2.48. The van der Waals surface area contributed by atoms with Crippen molar-refractivity contribution in [3.05, 3.63) is 101 Å². The zero-order valence-corrected chi connectivity index (χ0v) is 20.5. The number of anilines is 2. The summed E-state index contributed by atoms with van der Waals surface area (Å²) in [5.41, 5.74) is 1.92.